The Kier molecular flexibility index (Phi) is 6.57. The van der Waals surface area contributed by atoms with Gasteiger partial charge >= 0.3 is 6.09 Å². The molecule has 1 amide bonds. The van der Waals surface area contributed by atoms with E-state index >= 15 is 0 Å². The van der Waals surface area contributed by atoms with Crippen LogP contribution in [0.5, 0.6) is 0 Å². The summed E-state index contributed by atoms with van der Waals surface area (Å²) in [7, 11) is 0. The summed E-state index contributed by atoms with van der Waals surface area (Å²) >= 11 is 7.58. The van der Waals surface area contributed by atoms with Crippen LogP contribution in [-0.4, -0.2) is 47.0 Å². The Labute approximate surface area is 152 Å². The van der Waals surface area contributed by atoms with E-state index in [-0.39, 0.29) is 6.04 Å². The molecule has 0 spiro atoms. The quantitative estimate of drug-likeness (QED) is 0.493. The molecule has 2 heterocycles. The number of hydrogen-bond donors (Lipinski definition) is 1. The van der Waals surface area contributed by atoms with Gasteiger partial charge in [0.15, 0.2) is 5.16 Å². The number of carbonyl (C=O) groups excluding carboxylic acids is 1. The number of piperidine rings is 1. The summed E-state index contributed by atoms with van der Waals surface area (Å²) in [6, 6.07) is 1.96. The normalized spacial score (nSPS) is 18.4. The third-order valence-corrected chi connectivity index (χ3v) is 4.39. The number of carbonyl (C=O) groups is 1. The summed E-state index contributed by atoms with van der Waals surface area (Å²) in [5, 5.41) is 3.96. The largest absolute Gasteiger partial charge is 0.444 e. The molecule has 0 radical (unpaired) electrons. The second-order valence-electron chi connectivity index (χ2n) is 6.76. The topological polar surface area (TPSA) is 67.4 Å². The number of anilines is 1. The average molecular weight is 373 g/mol. The molecule has 0 unspecified atom stereocenters. The van der Waals surface area contributed by atoms with Gasteiger partial charge in [0.05, 0.1) is 0 Å². The van der Waals surface area contributed by atoms with Crippen molar-refractivity contribution in [2.24, 2.45) is 0 Å². The van der Waals surface area contributed by atoms with Gasteiger partial charge in [0, 0.05) is 25.2 Å². The van der Waals surface area contributed by atoms with Crippen molar-refractivity contribution in [2.45, 2.75) is 56.8 Å². The monoisotopic (exact) mass is 372 g/mol. The van der Waals surface area contributed by atoms with Gasteiger partial charge in [-0.1, -0.05) is 23.4 Å². The van der Waals surface area contributed by atoms with Crippen molar-refractivity contribution >= 4 is 35.3 Å². The molecule has 0 bridgehead atoms. The van der Waals surface area contributed by atoms with Crippen LogP contribution in [0.1, 0.15) is 40.0 Å². The first kappa shape index (κ1) is 19.1. The molecule has 1 atom stereocenters. The van der Waals surface area contributed by atoms with Gasteiger partial charge in [0.1, 0.15) is 16.6 Å². The van der Waals surface area contributed by atoms with E-state index in [1.165, 1.54) is 11.8 Å². The Hall–Kier alpha value is -1.21. The summed E-state index contributed by atoms with van der Waals surface area (Å²) in [5.74, 6) is 0.815. The fourth-order valence-corrected chi connectivity index (χ4v) is 3.26. The number of halogens is 1. The number of thioether (sulfide) groups is 1. The van der Waals surface area contributed by atoms with Crippen LogP contribution in [0.15, 0.2) is 11.2 Å². The predicted molar refractivity (Wildman–Crippen MR) is 98.0 cm³/mol. The van der Waals surface area contributed by atoms with E-state index < -0.39 is 11.7 Å². The van der Waals surface area contributed by atoms with Gasteiger partial charge in [-0.15, -0.1) is 0 Å². The second-order valence-corrected chi connectivity index (χ2v) is 7.92. The van der Waals surface area contributed by atoms with Crippen molar-refractivity contribution in [3.63, 3.8) is 0 Å². The lowest BCUT2D eigenvalue weighted by Gasteiger charge is -2.37. The van der Waals surface area contributed by atoms with E-state index in [9.17, 15) is 4.79 Å². The number of aromatic nitrogens is 2. The van der Waals surface area contributed by atoms with Crippen molar-refractivity contribution in [3.05, 3.63) is 11.2 Å². The van der Waals surface area contributed by atoms with E-state index in [1.807, 2.05) is 27.0 Å². The van der Waals surface area contributed by atoms with Crippen LogP contribution in [0.25, 0.3) is 0 Å². The van der Waals surface area contributed by atoms with Crippen LogP contribution in [0.2, 0.25) is 5.15 Å². The first-order chi connectivity index (χ1) is 11.3. The highest BCUT2D eigenvalue weighted by atomic mass is 35.5. The van der Waals surface area contributed by atoms with Gasteiger partial charge in [0.25, 0.3) is 0 Å². The lowest BCUT2D eigenvalue weighted by atomic mass is 10.0. The third-order valence-electron chi connectivity index (χ3n) is 3.65. The molecule has 6 nitrogen and oxygen atoms in total. The number of nitrogens with zero attached hydrogens (tertiary/aromatic N) is 3. The van der Waals surface area contributed by atoms with Gasteiger partial charge in [-0.3, -0.25) is 0 Å². The molecule has 24 heavy (non-hydrogen) atoms. The molecule has 0 aromatic carbocycles. The number of ether oxygens (including phenoxy) is 1. The molecule has 1 aliphatic rings. The van der Waals surface area contributed by atoms with Crippen LogP contribution in [0, 0.1) is 0 Å². The molecule has 1 aromatic heterocycles. The van der Waals surface area contributed by atoms with Gasteiger partial charge in [-0.2, -0.15) is 0 Å². The van der Waals surface area contributed by atoms with E-state index in [0.717, 1.165) is 31.6 Å². The summed E-state index contributed by atoms with van der Waals surface area (Å²) in [6.07, 6.45) is 4.75. The lowest BCUT2D eigenvalue weighted by Crippen LogP contribution is -2.48. The lowest BCUT2D eigenvalue weighted by molar-refractivity contribution is 0.0523. The number of rotatable bonds is 4. The number of nitrogens with one attached hydrogen (secondary N) is 1. The van der Waals surface area contributed by atoms with E-state index in [0.29, 0.717) is 16.9 Å². The summed E-state index contributed by atoms with van der Waals surface area (Å²) in [6.45, 7) is 6.97. The first-order valence-corrected chi connectivity index (χ1v) is 9.71. The summed E-state index contributed by atoms with van der Waals surface area (Å²) in [5.41, 5.74) is -0.496. The van der Waals surface area contributed by atoms with Crippen molar-refractivity contribution in [2.75, 3.05) is 24.2 Å². The highest BCUT2D eigenvalue weighted by Gasteiger charge is 2.26. The fraction of sp³-hybridized carbons (Fsp3) is 0.688. The van der Waals surface area contributed by atoms with Crippen LogP contribution >= 0.6 is 23.4 Å². The van der Waals surface area contributed by atoms with E-state index in [2.05, 4.69) is 20.2 Å². The number of alkyl carbamates (subject to hydrolysis) is 1. The highest BCUT2D eigenvalue weighted by molar-refractivity contribution is 7.98. The Bertz CT molecular complexity index is 580. The molecule has 8 heteroatoms. The number of hydrogen-bond acceptors (Lipinski definition) is 6. The SMILES string of the molecule is CSc1nc(Cl)cc(N2CCCC[C@H]2CNC(=O)OC(C)(C)C)n1. The molecular formula is C16H25ClN4O2S. The Morgan fingerprint density at radius 2 is 2.21 bits per heavy atom. The molecule has 1 saturated heterocycles. The zero-order chi connectivity index (χ0) is 17.7. The molecule has 0 saturated carbocycles. The molecule has 2 rings (SSSR count). The molecule has 1 N–H and O–H groups in total. The van der Waals surface area contributed by atoms with Crippen molar-refractivity contribution < 1.29 is 9.53 Å². The fourth-order valence-electron chi connectivity index (χ4n) is 2.65. The second kappa shape index (κ2) is 8.25. The maximum Gasteiger partial charge on any atom is 0.407 e. The Morgan fingerprint density at radius 3 is 2.88 bits per heavy atom. The van der Waals surface area contributed by atoms with Gasteiger partial charge in [0.2, 0.25) is 0 Å². The van der Waals surface area contributed by atoms with Gasteiger partial charge < -0.3 is 15.0 Å². The average Bonchev–Trinajstić information content (AvgIpc) is 2.51. The maximum atomic E-state index is 11.9. The Morgan fingerprint density at radius 1 is 1.46 bits per heavy atom. The smallest absolute Gasteiger partial charge is 0.407 e. The van der Waals surface area contributed by atoms with Gasteiger partial charge in [-0.05, 0) is 46.3 Å². The summed E-state index contributed by atoms with van der Waals surface area (Å²) < 4.78 is 5.31. The zero-order valence-electron chi connectivity index (χ0n) is 14.6. The van der Waals surface area contributed by atoms with Crippen LogP contribution in [0.3, 0.4) is 0 Å². The van der Waals surface area contributed by atoms with E-state index in [4.69, 9.17) is 16.3 Å². The summed E-state index contributed by atoms with van der Waals surface area (Å²) in [4.78, 5) is 22.8. The number of amides is 1. The van der Waals surface area contributed by atoms with Crippen molar-refractivity contribution in [1.29, 1.82) is 0 Å². The standard InChI is InChI=1S/C16H25ClN4O2S/c1-16(2,3)23-15(22)18-10-11-7-5-6-8-21(11)13-9-12(17)19-14(20-13)24-4/h9,11H,5-8,10H2,1-4H3,(H,18,22)/t11-/m0/s1. The van der Waals surface area contributed by atoms with E-state index in [1.54, 1.807) is 6.07 Å². The molecular weight excluding hydrogens is 348 g/mol. The van der Waals surface area contributed by atoms with Crippen molar-refractivity contribution in [3.8, 4) is 0 Å². The molecule has 0 aliphatic carbocycles. The van der Waals surface area contributed by atoms with Crippen molar-refractivity contribution in [1.82, 2.24) is 15.3 Å². The maximum absolute atomic E-state index is 11.9. The zero-order valence-corrected chi connectivity index (χ0v) is 16.2. The highest BCUT2D eigenvalue weighted by Crippen LogP contribution is 2.26. The van der Waals surface area contributed by atoms with Crippen LogP contribution in [-0.2, 0) is 4.74 Å². The molecule has 1 aromatic rings. The minimum Gasteiger partial charge on any atom is -0.444 e. The Balaban J connectivity index is 2.05. The molecule has 1 fully saturated rings. The minimum absolute atomic E-state index is 0.173. The van der Waals surface area contributed by atoms with Crippen LogP contribution < -0.4 is 10.2 Å². The predicted octanol–water partition coefficient (Wildman–Crippen LogP) is 3.74. The van der Waals surface area contributed by atoms with Crippen LogP contribution in [0.4, 0.5) is 10.6 Å². The molecule has 1 aliphatic heterocycles. The first-order valence-electron chi connectivity index (χ1n) is 8.10. The molecule has 134 valence electrons. The minimum atomic E-state index is -0.496. The van der Waals surface area contributed by atoms with Gasteiger partial charge in [-0.25, -0.2) is 14.8 Å². The third kappa shape index (κ3) is 5.70.